The van der Waals surface area contributed by atoms with E-state index < -0.39 is 0 Å². The van der Waals surface area contributed by atoms with Gasteiger partial charge < -0.3 is 19.6 Å². The zero-order valence-electron chi connectivity index (χ0n) is 18.6. The number of nitrogens with zero attached hydrogens (tertiary/aromatic N) is 4. The Morgan fingerprint density at radius 3 is 1.19 bits per heavy atom. The summed E-state index contributed by atoms with van der Waals surface area (Å²) in [5, 5.41) is 0. The average Bonchev–Trinajstić information content (AvgIpc) is 3.31. The van der Waals surface area contributed by atoms with E-state index in [1.54, 1.807) is 0 Å². The minimum atomic E-state index is 1.11. The number of piperazine rings is 2. The van der Waals surface area contributed by atoms with Crippen LogP contribution in [0.2, 0.25) is 0 Å². The minimum absolute atomic E-state index is 1.11. The van der Waals surface area contributed by atoms with Gasteiger partial charge in [-0.2, -0.15) is 0 Å². The molecule has 3 heterocycles. The first-order chi connectivity index (χ1) is 15.2. The van der Waals surface area contributed by atoms with Crippen LogP contribution in [-0.2, 0) is 0 Å². The Kier molecular flexibility index (Phi) is 5.99. The molecule has 0 bridgehead atoms. The lowest BCUT2D eigenvalue weighted by atomic mass is 10.1. The highest BCUT2D eigenvalue weighted by atomic mass is 32.1. The maximum absolute atomic E-state index is 2.49. The van der Waals surface area contributed by atoms with Crippen LogP contribution in [0.3, 0.4) is 0 Å². The first-order valence-corrected chi connectivity index (χ1v) is 12.1. The Morgan fingerprint density at radius 1 is 0.484 bits per heavy atom. The lowest BCUT2D eigenvalue weighted by Crippen LogP contribution is -2.44. The van der Waals surface area contributed by atoms with Crippen molar-refractivity contribution in [3.05, 3.63) is 60.7 Å². The lowest BCUT2D eigenvalue weighted by molar-refractivity contribution is 0.313. The maximum Gasteiger partial charge on any atom is 0.0367 e. The molecule has 4 nitrogen and oxygen atoms in total. The van der Waals surface area contributed by atoms with Gasteiger partial charge in [0.25, 0.3) is 0 Å². The fourth-order valence-electron chi connectivity index (χ4n) is 4.45. The van der Waals surface area contributed by atoms with Crippen LogP contribution in [0, 0.1) is 0 Å². The van der Waals surface area contributed by atoms with Crippen molar-refractivity contribution in [2.75, 3.05) is 76.3 Å². The SMILES string of the molecule is CN1CCN(c2ccc(-c3ccc(-c4ccc(N5CCN(C)CC5)cc4)s3)cc2)CC1. The van der Waals surface area contributed by atoms with E-state index in [0.29, 0.717) is 0 Å². The van der Waals surface area contributed by atoms with Crippen molar-refractivity contribution >= 4 is 22.7 Å². The maximum atomic E-state index is 2.49. The quantitative estimate of drug-likeness (QED) is 0.598. The van der Waals surface area contributed by atoms with Gasteiger partial charge in [-0.25, -0.2) is 0 Å². The van der Waals surface area contributed by atoms with Crippen LogP contribution in [0.25, 0.3) is 20.9 Å². The molecule has 2 aromatic carbocycles. The Hall–Kier alpha value is -2.34. The molecule has 5 heteroatoms. The van der Waals surface area contributed by atoms with E-state index in [4.69, 9.17) is 0 Å². The van der Waals surface area contributed by atoms with E-state index in [0.717, 1.165) is 52.4 Å². The number of hydrogen-bond acceptors (Lipinski definition) is 5. The van der Waals surface area contributed by atoms with Crippen LogP contribution >= 0.6 is 11.3 Å². The second-order valence-corrected chi connectivity index (χ2v) is 9.92. The van der Waals surface area contributed by atoms with Gasteiger partial charge in [0.05, 0.1) is 0 Å². The lowest BCUT2D eigenvalue weighted by Gasteiger charge is -2.34. The summed E-state index contributed by atoms with van der Waals surface area (Å²) in [4.78, 5) is 12.5. The van der Waals surface area contributed by atoms with E-state index in [1.807, 2.05) is 11.3 Å². The summed E-state index contributed by atoms with van der Waals surface area (Å²) in [6, 6.07) is 22.8. The second kappa shape index (κ2) is 9.03. The van der Waals surface area contributed by atoms with E-state index in [1.165, 1.54) is 32.3 Å². The number of anilines is 2. The molecule has 0 amide bonds. The van der Waals surface area contributed by atoms with Crippen LogP contribution in [0.15, 0.2) is 60.7 Å². The fraction of sp³-hybridized carbons (Fsp3) is 0.385. The van der Waals surface area contributed by atoms with Crippen molar-refractivity contribution < 1.29 is 0 Å². The zero-order chi connectivity index (χ0) is 21.2. The molecule has 0 atom stereocenters. The first kappa shape index (κ1) is 20.6. The molecule has 2 fully saturated rings. The minimum Gasteiger partial charge on any atom is -0.369 e. The Morgan fingerprint density at radius 2 is 0.839 bits per heavy atom. The van der Waals surface area contributed by atoms with Crippen molar-refractivity contribution in [2.24, 2.45) is 0 Å². The molecule has 0 aliphatic carbocycles. The molecule has 31 heavy (non-hydrogen) atoms. The highest BCUT2D eigenvalue weighted by molar-refractivity contribution is 7.18. The van der Waals surface area contributed by atoms with Crippen LogP contribution in [0.5, 0.6) is 0 Å². The number of rotatable bonds is 4. The molecule has 0 N–H and O–H groups in total. The van der Waals surface area contributed by atoms with Gasteiger partial charge in [-0.15, -0.1) is 11.3 Å². The third kappa shape index (κ3) is 4.64. The Balaban J connectivity index is 1.26. The normalized spacial score (nSPS) is 18.5. The van der Waals surface area contributed by atoms with Crippen molar-refractivity contribution in [1.82, 2.24) is 9.80 Å². The Labute approximate surface area is 190 Å². The molecule has 0 saturated carbocycles. The largest absolute Gasteiger partial charge is 0.369 e. The second-order valence-electron chi connectivity index (χ2n) is 8.84. The summed E-state index contributed by atoms with van der Waals surface area (Å²) < 4.78 is 0. The molecule has 0 unspecified atom stereocenters. The van der Waals surface area contributed by atoms with Gasteiger partial charge in [0.15, 0.2) is 0 Å². The highest BCUT2D eigenvalue weighted by Crippen LogP contribution is 2.36. The monoisotopic (exact) mass is 432 g/mol. The van der Waals surface area contributed by atoms with Gasteiger partial charge >= 0.3 is 0 Å². The topological polar surface area (TPSA) is 13.0 Å². The number of likely N-dealkylation sites (N-methyl/N-ethyl adjacent to an activating group) is 2. The van der Waals surface area contributed by atoms with Crippen LogP contribution in [0.4, 0.5) is 11.4 Å². The average molecular weight is 433 g/mol. The van der Waals surface area contributed by atoms with Gasteiger partial charge in [-0.1, -0.05) is 24.3 Å². The summed E-state index contributed by atoms with van der Waals surface area (Å²) in [6.45, 7) is 9.03. The van der Waals surface area contributed by atoms with Crippen LogP contribution in [0.1, 0.15) is 0 Å². The van der Waals surface area contributed by atoms with Crippen LogP contribution < -0.4 is 9.80 Å². The molecular formula is C26H32N4S. The Bertz CT molecular complexity index is 899. The smallest absolute Gasteiger partial charge is 0.0367 e. The predicted molar refractivity (Wildman–Crippen MR) is 135 cm³/mol. The van der Waals surface area contributed by atoms with Gasteiger partial charge in [0.1, 0.15) is 0 Å². The summed E-state index contributed by atoms with van der Waals surface area (Å²) in [6.07, 6.45) is 0. The molecule has 3 aromatic rings. The van der Waals surface area contributed by atoms with Gasteiger partial charge in [0, 0.05) is 73.5 Å². The molecule has 162 valence electrons. The summed E-state index contributed by atoms with van der Waals surface area (Å²) >= 11 is 1.88. The predicted octanol–water partition coefficient (Wildman–Crippen LogP) is 4.59. The molecule has 5 rings (SSSR count). The summed E-state index contributed by atoms with van der Waals surface area (Å²) in [7, 11) is 4.41. The number of hydrogen-bond donors (Lipinski definition) is 0. The van der Waals surface area contributed by atoms with E-state index in [9.17, 15) is 0 Å². The molecule has 2 aliphatic heterocycles. The van der Waals surface area contributed by atoms with E-state index in [-0.39, 0.29) is 0 Å². The van der Waals surface area contributed by atoms with Gasteiger partial charge in [-0.05, 0) is 61.6 Å². The third-order valence-corrected chi connectivity index (χ3v) is 7.83. The molecule has 0 radical (unpaired) electrons. The molecule has 0 spiro atoms. The first-order valence-electron chi connectivity index (χ1n) is 11.3. The van der Waals surface area contributed by atoms with Crippen molar-refractivity contribution in [3.63, 3.8) is 0 Å². The summed E-state index contributed by atoms with van der Waals surface area (Å²) in [5.74, 6) is 0. The fourth-order valence-corrected chi connectivity index (χ4v) is 5.47. The highest BCUT2D eigenvalue weighted by Gasteiger charge is 2.16. The summed E-state index contributed by atoms with van der Waals surface area (Å²) in [5.41, 5.74) is 5.30. The molecule has 2 aliphatic rings. The number of thiophene rings is 1. The van der Waals surface area contributed by atoms with E-state index >= 15 is 0 Å². The zero-order valence-corrected chi connectivity index (χ0v) is 19.4. The van der Waals surface area contributed by atoms with Crippen molar-refractivity contribution in [1.29, 1.82) is 0 Å². The standard InChI is InChI=1S/C26H32N4S/c1-27-13-17-29(18-14-27)23-7-3-21(4-8-23)25-11-12-26(31-25)22-5-9-24(10-6-22)30-19-15-28(2)16-20-30/h3-12H,13-20H2,1-2H3. The van der Waals surface area contributed by atoms with Crippen LogP contribution in [-0.4, -0.2) is 76.3 Å². The third-order valence-electron chi connectivity index (χ3n) is 6.65. The molecular weight excluding hydrogens is 400 g/mol. The van der Waals surface area contributed by atoms with E-state index in [2.05, 4.69) is 94.4 Å². The van der Waals surface area contributed by atoms with Crippen molar-refractivity contribution in [3.8, 4) is 20.9 Å². The molecule has 1 aromatic heterocycles. The van der Waals surface area contributed by atoms with Gasteiger partial charge in [0.2, 0.25) is 0 Å². The van der Waals surface area contributed by atoms with Gasteiger partial charge in [-0.3, -0.25) is 0 Å². The number of benzene rings is 2. The van der Waals surface area contributed by atoms with Crippen molar-refractivity contribution in [2.45, 2.75) is 0 Å². The molecule has 2 saturated heterocycles.